The van der Waals surface area contributed by atoms with Crippen molar-refractivity contribution in [1.29, 1.82) is 0 Å². The second-order valence-electron chi connectivity index (χ2n) is 5.02. The van der Waals surface area contributed by atoms with Crippen molar-refractivity contribution in [3.05, 3.63) is 64.9 Å². The molecule has 1 amide bonds. The predicted octanol–water partition coefficient (Wildman–Crippen LogP) is 3.79. The van der Waals surface area contributed by atoms with E-state index in [0.29, 0.717) is 10.6 Å². The molecule has 106 valence electrons. The van der Waals surface area contributed by atoms with Crippen molar-refractivity contribution in [2.24, 2.45) is 0 Å². The number of carbonyl (C=O) groups is 1. The van der Waals surface area contributed by atoms with Crippen molar-refractivity contribution < 1.29 is 9.90 Å². The van der Waals surface area contributed by atoms with Gasteiger partial charge in [0.05, 0.1) is 11.6 Å². The van der Waals surface area contributed by atoms with Crippen LogP contribution in [0.4, 0.5) is 0 Å². The first-order chi connectivity index (χ1) is 10.1. The summed E-state index contributed by atoms with van der Waals surface area (Å²) >= 11 is 6.31. The van der Waals surface area contributed by atoms with E-state index in [9.17, 15) is 9.90 Å². The van der Waals surface area contributed by atoms with Crippen LogP contribution in [0.3, 0.4) is 0 Å². The van der Waals surface area contributed by atoms with Gasteiger partial charge in [0, 0.05) is 10.6 Å². The van der Waals surface area contributed by atoms with Gasteiger partial charge in [0.15, 0.2) is 0 Å². The second kappa shape index (κ2) is 5.26. The molecule has 1 heterocycles. The highest BCUT2D eigenvalue weighted by molar-refractivity contribution is 6.35. The Balaban J connectivity index is 2.06. The maximum absolute atomic E-state index is 11.9. The zero-order chi connectivity index (χ0) is 15.0. The smallest absolute Gasteiger partial charge is 0.256 e. The van der Waals surface area contributed by atoms with Gasteiger partial charge in [-0.1, -0.05) is 54.1 Å². The average Bonchev–Trinajstić information content (AvgIpc) is 2.74. The third-order valence-electron chi connectivity index (χ3n) is 3.59. The Morgan fingerprint density at radius 3 is 2.38 bits per heavy atom. The molecule has 0 aromatic heterocycles. The summed E-state index contributed by atoms with van der Waals surface area (Å²) in [6.07, 6.45) is 0. The van der Waals surface area contributed by atoms with E-state index in [1.807, 2.05) is 42.5 Å². The number of benzene rings is 2. The molecule has 0 bridgehead atoms. The number of carbonyl (C=O) groups excluding carboxylic acids is 1. The Labute approximate surface area is 127 Å². The molecule has 1 aliphatic rings. The fraction of sp³-hybridized carbons (Fsp3) is 0.118. The standard InChI is InChI=1S/C17H14ClNO2/c1-10-16(20)15(17(21)19-10)13-8-7-12(9-14(13)18)11-5-3-2-4-6-11/h2-10,20H,1H3,(H,19,21). The minimum absolute atomic E-state index is 0.0364. The molecule has 0 saturated carbocycles. The molecule has 0 spiro atoms. The van der Waals surface area contributed by atoms with Gasteiger partial charge in [0.1, 0.15) is 5.76 Å². The Morgan fingerprint density at radius 1 is 1.10 bits per heavy atom. The van der Waals surface area contributed by atoms with Crippen molar-refractivity contribution in [1.82, 2.24) is 5.32 Å². The second-order valence-corrected chi connectivity index (χ2v) is 5.42. The minimum atomic E-state index is -0.377. The Morgan fingerprint density at radius 2 is 1.81 bits per heavy atom. The number of halogens is 1. The van der Waals surface area contributed by atoms with E-state index < -0.39 is 0 Å². The molecule has 1 aliphatic heterocycles. The quantitative estimate of drug-likeness (QED) is 0.886. The van der Waals surface area contributed by atoms with Crippen LogP contribution >= 0.6 is 11.6 Å². The number of hydrogen-bond donors (Lipinski definition) is 2. The Bertz CT molecular complexity index is 738. The van der Waals surface area contributed by atoms with Gasteiger partial charge >= 0.3 is 0 Å². The summed E-state index contributed by atoms with van der Waals surface area (Å²) in [5.74, 6) is -0.260. The van der Waals surface area contributed by atoms with Crippen molar-refractivity contribution in [3.8, 4) is 11.1 Å². The zero-order valence-electron chi connectivity index (χ0n) is 11.4. The van der Waals surface area contributed by atoms with E-state index in [0.717, 1.165) is 11.1 Å². The largest absolute Gasteiger partial charge is 0.509 e. The normalized spacial score (nSPS) is 18.0. The molecule has 1 unspecified atom stereocenters. The summed E-state index contributed by atoms with van der Waals surface area (Å²) in [5, 5.41) is 13.1. The third-order valence-corrected chi connectivity index (χ3v) is 3.90. The summed E-state index contributed by atoms with van der Waals surface area (Å²) in [5.41, 5.74) is 2.83. The fourth-order valence-electron chi connectivity index (χ4n) is 2.46. The van der Waals surface area contributed by atoms with Gasteiger partial charge < -0.3 is 10.4 Å². The molecule has 2 aromatic carbocycles. The molecular formula is C17H14ClNO2. The van der Waals surface area contributed by atoms with E-state index in [2.05, 4.69) is 5.32 Å². The number of amides is 1. The summed E-state index contributed by atoms with van der Waals surface area (Å²) in [4.78, 5) is 11.9. The first-order valence-corrected chi connectivity index (χ1v) is 7.05. The number of aliphatic hydroxyl groups is 1. The van der Waals surface area contributed by atoms with E-state index in [-0.39, 0.29) is 23.3 Å². The predicted molar refractivity (Wildman–Crippen MR) is 84.0 cm³/mol. The zero-order valence-corrected chi connectivity index (χ0v) is 12.2. The van der Waals surface area contributed by atoms with Crippen LogP contribution < -0.4 is 5.32 Å². The van der Waals surface area contributed by atoms with Crippen molar-refractivity contribution in [2.45, 2.75) is 13.0 Å². The van der Waals surface area contributed by atoms with Gasteiger partial charge in [-0.05, 0) is 24.1 Å². The minimum Gasteiger partial charge on any atom is -0.509 e. The molecule has 4 heteroatoms. The lowest BCUT2D eigenvalue weighted by molar-refractivity contribution is -0.115. The fourth-order valence-corrected chi connectivity index (χ4v) is 2.73. The molecule has 0 radical (unpaired) electrons. The Hall–Kier alpha value is -2.26. The summed E-state index contributed by atoms with van der Waals surface area (Å²) < 4.78 is 0. The lowest BCUT2D eigenvalue weighted by atomic mass is 9.99. The summed E-state index contributed by atoms with van der Waals surface area (Å²) in [6.45, 7) is 1.73. The first kappa shape index (κ1) is 13.7. The van der Waals surface area contributed by atoms with Gasteiger partial charge in [0.25, 0.3) is 5.91 Å². The maximum Gasteiger partial charge on any atom is 0.256 e. The van der Waals surface area contributed by atoms with Crippen LogP contribution in [0.5, 0.6) is 0 Å². The van der Waals surface area contributed by atoms with Gasteiger partial charge in [-0.25, -0.2) is 0 Å². The molecule has 0 saturated heterocycles. The van der Waals surface area contributed by atoms with Crippen LogP contribution in [0.2, 0.25) is 5.02 Å². The first-order valence-electron chi connectivity index (χ1n) is 6.67. The van der Waals surface area contributed by atoms with E-state index in [1.165, 1.54) is 0 Å². The van der Waals surface area contributed by atoms with Gasteiger partial charge in [0.2, 0.25) is 0 Å². The van der Waals surface area contributed by atoms with Gasteiger partial charge in [-0.3, -0.25) is 4.79 Å². The molecule has 1 atom stereocenters. The Kier molecular flexibility index (Phi) is 3.43. The van der Waals surface area contributed by atoms with Crippen LogP contribution in [0.1, 0.15) is 12.5 Å². The van der Waals surface area contributed by atoms with E-state index >= 15 is 0 Å². The van der Waals surface area contributed by atoms with Crippen molar-refractivity contribution in [2.75, 3.05) is 0 Å². The molecule has 3 nitrogen and oxygen atoms in total. The molecular weight excluding hydrogens is 286 g/mol. The molecule has 2 aromatic rings. The van der Waals surface area contributed by atoms with Crippen LogP contribution in [-0.4, -0.2) is 17.1 Å². The van der Waals surface area contributed by atoms with Crippen molar-refractivity contribution in [3.63, 3.8) is 0 Å². The lowest BCUT2D eigenvalue weighted by Gasteiger charge is -2.08. The average molecular weight is 300 g/mol. The highest BCUT2D eigenvalue weighted by atomic mass is 35.5. The van der Waals surface area contributed by atoms with Crippen LogP contribution in [0, 0.1) is 0 Å². The van der Waals surface area contributed by atoms with E-state index in [1.54, 1.807) is 13.0 Å². The molecule has 0 aliphatic carbocycles. The monoisotopic (exact) mass is 299 g/mol. The third kappa shape index (κ3) is 2.41. The molecule has 3 rings (SSSR count). The van der Waals surface area contributed by atoms with Crippen LogP contribution in [-0.2, 0) is 4.79 Å². The molecule has 0 fully saturated rings. The van der Waals surface area contributed by atoms with Crippen LogP contribution in [0.15, 0.2) is 54.3 Å². The highest BCUT2D eigenvalue weighted by Crippen LogP contribution is 2.33. The van der Waals surface area contributed by atoms with Gasteiger partial charge in [-0.2, -0.15) is 0 Å². The van der Waals surface area contributed by atoms with E-state index in [4.69, 9.17) is 11.6 Å². The number of aliphatic hydroxyl groups excluding tert-OH is 1. The molecule has 21 heavy (non-hydrogen) atoms. The summed E-state index contributed by atoms with van der Waals surface area (Å²) in [7, 11) is 0. The van der Waals surface area contributed by atoms with Crippen LogP contribution in [0.25, 0.3) is 16.7 Å². The topological polar surface area (TPSA) is 49.3 Å². The highest BCUT2D eigenvalue weighted by Gasteiger charge is 2.30. The van der Waals surface area contributed by atoms with Crippen molar-refractivity contribution >= 4 is 23.1 Å². The number of nitrogens with one attached hydrogen (secondary N) is 1. The molecule has 2 N–H and O–H groups in total. The lowest BCUT2D eigenvalue weighted by Crippen LogP contribution is -2.25. The number of hydrogen-bond acceptors (Lipinski definition) is 2. The number of rotatable bonds is 2. The van der Waals surface area contributed by atoms with Gasteiger partial charge in [-0.15, -0.1) is 0 Å². The summed E-state index contributed by atoms with van der Waals surface area (Å²) in [6, 6.07) is 14.9. The maximum atomic E-state index is 11.9. The SMILES string of the molecule is CC1NC(=O)C(c2ccc(-c3ccccc3)cc2Cl)=C1O.